The summed E-state index contributed by atoms with van der Waals surface area (Å²) in [7, 11) is 1.96. The van der Waals surface area contributed by atoms with Crippen LogP contribution >= 0.6 is 0 Å². The predicted molar refractivity (Wildman–Crippen MR) is 83.8 cm³/mol. The quantitative estimate of drug-likeness (QED) is 0.891. The van der Waals surface area contributed by atoms with Crippen molar-refractivity contribution < 1.29 is 4.79 Å². The van der Waals surface area contributed by atoms with Crippen molar-refractivity contribution in [1.82, 2.24) is 5.32 Å². The van der Waals surface area contributed by atoms with Crippen LogP contribution in [0.15, 0.2) is 24.3 Å². The monoisotopic (exact) mass is 284 g/mol. The molecular weight excluding hydrogens is 260 g/mol. The molecule has 1 aromatic rings. The van der Waals surface area contributed by atoms with Gasteiger partial charge in [-0.3, -0.25) is 4.79 Å². The normalized spacial score (nSPS) is 37.1. The molecule has 0 radical (unpaired) electrons. The van der Waals surface area contributed by atoms with Crippen molar-refractivity contribution in [3.63, 3.8) is 0 Å². The molecule has 3 nitrogen and oxygen atoms in total. The Kier molecular flexibility index (Phi) is 3.07. The van der Waals surface area contributed by atoms with E-state index in [2.05, 4.69) is 29.7 Å². The summed E-state index contributed by atoms with van der Waals surface area (Å²) in [6.07, 6.45) is 4.13. The number of carbonyl (C=O) groups excluding carboxylic acids is 1. The van der Waals surface area contributed by atoms with Crippen LogP contribution in [0.25, 0.3) is 0 Å². The third-order valence-corrected chi connectivity index (χ3v) is 6.13. The molecule has 3 fully saturated rings. The van der Waals surface area contributed by atoms with Crippen molar-refractivity contribution in [2.75, 3.05) is 12.4 Å². The number of carbonyl (C=O) groups is 1. The first-order valence-electron chi connectivity index (χ1n) is 8.27. The van der Waals surface area contributed by atoms with E-state index in [0.717, 1.165) is 17.5 Å². The number of hydrogen-bond donors (Lipinski definition) is 2. The maximum Gasteiger partial charge on any atom is 0.228 e. The first-order chi connectivity index (χ1) is 10.2. The van der Waals surface area contributed by atoms with Crippen LogP contribution in [0.5, 0.6) is 0 Å². The maximum atomic E-state index is 12.5. The summed E-state index contributed by atoms with van der Waals surface area (Å²) in [4.78, 5) is 12.5. The van der Waals surface area contributed by atoms with Crippen LogP contribution in [0.1, 0.15) is 37.8 Å². The van der Waals surface area contributed by atoms with Crippen LogP contribution in [0.3, 0.4) is 0 Å². The molecule has 3 aliphatic rings. The van der Waals surface area contributed by atoms with E-state index in [4.69, 9.17) is 0 Å². The highest BCUT2D eigenvalue weighted by Gasteiger charge is 2.67. The second kappa shape index (κ2) is 4.84. The van der Waals surface area contributed by atoms with E-state index >= 15 is 0 Å². The van der Waals surface area contributed by atoms with Crippen LogP contribution in [0, 0.1) is 29.6 Å². The number of hydrogen-bond acceptors (Lipinski definition) is 2. The van der Waals surface area contributed by atoms with E-state index in [1.165, 1.54) is 24.8 Å². The summed E-state index contributed by atoms with van der Waals surface area (Å²) >= 11 is 0. The van der Waals surface area contributed by atoms with Gasteiger partial charge in [0.2, 0.25) is 5.91 Å². The van der Waals surface area contributed by atoms with Crippen molar-refractivity contribution in [3.8, 4) is 0 Å². The Morgan fingerprint density at radius 1 is 1.24 bits per heavy atom. The van der Waals surface area contributed by atoms with Gasteiger partial charge in [-0.1, -0.05) is 12.1 Å². The molecule has 1 amide bonds. The summed E-state index contributed by atoms with van der Waals surface area (Å²) < 4.78 is 0. The SMILES string of the molecule is CNC(C)c1cccc(NC(=O)C2C3C4CCC(C4)C23)c1. The Labute approximate surface area is 126 Å². The van der Waals surface area contributed by atoms with Gasteiger partial charge in [-0.05, 0) is 74.6 Å². The van der Waals surface area contributed by atoms with Gasteiger partial charge in [0.1, 0.15) is 0 Å². The van der Waals surface area contributed by atoms with Gasteiger partial charge in [-0.2, -0.15) is 0 Å². The van der Waals surface area contributed by atoms with Gasteiger partial charge in [-0.15, -0.1) is 0 Å². The molecule has 1 aromatic carbocycles. The molecule has 0 heterocycles. The van der Waals surface area contributed by atoms with E-state index in [-0.39, 0.29) is 5.91 Å². The van der Waals surface area contributed by atoms with Gasteiger partial charge in [-0.25, -0.2) is 0 Å². The Hall–Kier alpha value is -1.35. The van der Waals surface area contributed by atoms with E-state index in [1.54, 1.807) is 0 Å². The van der Waals surface area contributed by atoms with E-state index in [9.17, 15) is 4.79 Å². The number of fused-ring (bicyclic) bond motifs is 5. The maximum absolute atomic E-state index is 12.5. The second-order valence-corrected chi connectivity index (χ2v) is 7.14. The summed E-state index contributed by atoms with van der Waals surface area (Å²) in [5.74, 6) is 3.70. The Morgan fingerprint density at radius 2 is 1.95 bits per heavy atom. The number of rotatable bonds is 4. The van der Waals surface area contributed by atoms with E-state index in [1.807, 2.05) is 19.2 Å². The first-order valence-corrected chi connectivity index (χ1v) is 8.27. The molecule has 5 unspecified atom stereocenters. The van der Waals surface area contributed by atoms with E-state index < -0.39 is 0 Å². The van der Waals surface area contributed by atoms with Crippen LogP contribution in [0.4, 0.5) is 5.69 Å². The lowest BCUT2D eigenvalue weighted by molar-refractivity contribution is -0.118. The molecule has 0 saturated heterocycles. The number of amides is 1. The molecule has 0 aliphatic heterocycles. The zero-order valence-corrected chi connectivity index (χ0v) is 12.8. The molecule has 21 heavy (non-hydrogen) atoms. The topological polar surface area (TPSA) is 41.1 Å². The lowest BCUT2D eigenvalue weighted by Crippen LogP contribution is -2.19. The van der Waals surface area contributed by atoms with Crippen LogP contribution in [0.2, 0.25) is 0 Å². The van der Waals surface area contributed by atoms with Gasteiger partial charge in [0, 0.05) is 17.6 Å². The zero-order chi connectivity index (χ0) is 14.6. The van der Waals surface area contributed by atoms with Crippen molar-refractivity contribution >= 4 is 11.6 Å². The van der Waals surface area contributed by atoms with Gasteiger partial charge < -0.3 is 10.6 Å². The van der Waals surface area contributed by atoms with E-state index in [0.29, 0.717) is 23.8 Å². The number of anilines is 1. The minimum atomic E-state index is 0.260. The fourth-order valence-corrected chi connectivity index (χ4v) is 4.95. The molecule has 3 saturated carbocycles. The Bertz CT molecular complexity index is 554. The van der Waals surface area contributed by atoms with Crippen LogP contribution < -0.4 is 10.6 Å². The lowest BCUT2D eigenvalue weighted by Gasteiger charge is -2.13. The smallest absolute Gasteiger partial charge is 0.228 e. The Morgan fingerprint density at radius 3 is 2.62 bits per heavy atom. The van der Waals surface area contributed by atoms with Crippen molar-refractivity contribution in [3.05, 3.63) is 29.8 Å². The largest absolute Gasteiger partial charge is 0.326 e. The van der Waals surface area contributed by atoms with Crippen LogP contribution in [-0.4, -0.2) is 13.0 Å². The van der Waals surface area contributed by atoms with Crippen molar-refractivity contribution in [2.45, 2.75) is 32.2 Å². The third kappa shape index (κ3) is 2.10. The highest BCUT2D eigenvalue weighted by molar-refractivity contribution is 5.95. The summed E-state index contributed by atoms with van der Waals surface area (Å²) in [6, 6.07) is 8.51. The molecule has 3 aliphatic carbocycles. The lowest BCUT2D eigenvalue weighted by atomic mass is 10.0. The van der Waals surface area contributed by atoms with Gasteiger partial charge in [0.15, 0.2) is 0 Å². The molecule has 2 bridgehead atoms. The summed E-state index contributed by atoms with van der Waals surface area (Å²) in [6.45, 7) is 2.13. The molecule has 5 atom stereocenters. The highest BCUT2D eigenvalue weighted by Crippen LogP contribution is 2.69. The molecule has 0 aromatic heterocycles. The van der Waals surface area contributed by atoms with Crippen molar-refractivity contribution in [1.29, 1.82) is 0 Å². The number of nitrogens with one attached hydrogen (secondary N) is 2. The minimum absolute atomic E-state index is 0.260. The number of benzene rings is 1. The molecule has 2 N–H and O–H groups in total. The molecule has 0 spiro atoms. The molecule has 112 valence electrons. The average Bonchev–Trinajstić information content (AvgIpc) is 2.95. The van der Waals surface area contributed by atoms with Gasteiger partial charge in [0.05, 0.1) is 0 Å². The third-order valence-electron chi connectivity index (χ3n) is 6.13. The minimum Gasteiger partial charge on any atom is -0.326 e. The average molecular weight is 284 g/mol. The summed E-state index contributed by atoms with van der Waals surface area (Å²) in [5.41, 5.74) is 2.16. The van der Waals surface area contributed by atoms with Gasteiger partial charge in [0.25, 0.3) is 0 Å². The standard InChI is InChI=1S/C18H24N2O/c1-10(19-2)11-4-3-5-14(9-11)20-18(21)17-15-12-6-7-13(8-12)16(15)17/h3-5,9-10,12-13,15-17,19H,6-8H2,1-2H3,(H,20,21). The second-order valence-electron chi connectivity index (χ2n) is 7.14. The van der Waals surface area contributed by atoms with Crippen LogP contribution in [-0.2, 0) is 4.79 Å². The molecule has 3 heteroatoms. The highest BCUT2D eigenvalue weighted by atomic mass is 16.2. The van der Waals surface area contributed by atoms with Gasteiger partial charge >= 0.3 is 0 Å². The Balaban J connectivity index is 1.44. The summed E-state index contributed by atoms with van der Waals surface area (Å²) in [5, 5.41) is 6.39. The molecule has 4 rings (SSSR count). The first kappa shape index (κ1) is 13.3. The zero-order valence-electron chi connectivity index (χ0n) is 12.8. The fourth-order valence-electron chi connectivity index (χ4n) is 4.95. The molecular formula is C18H24N2O. The van der Waals surface area contributed by atoms with Crippen molar-refractivity contribution in [2.24, 2.45) is 29.6 Å². The predicted octanol–water partition coefficient (Wildman–Crippen LogP) is 3.20. The fraction of sp³-hybridized carbons (Fsp3) is 0.611.